The summed E-state index contributed by atoms with van der Waals surface area (Å²) in [5.74, 6) is 1.04. The van der Waals surface area contributed by atoms with E-state index in [1.165, 1.54) is 26.0 Å². The van der Waals surface area contributed by atoms with Crippen molar-refractivity contribution in [1.82, 2.24) is 4.90 Å². The molecule has 0 spiro atoms. The first-order chi connectivity index (χ1) is 15.9. The summed E-state index contributed by atoms with van der Waals surface area (Å²) in [5, 5.41) is 9.82. The molecule has 176 valence electrons. The fourth-order valence-corrected chi connectivity index (χ4v) is 6.80. The average molecular weight is 490 g/mol. The van der Waals surface area contributed by atoms with E-state index in [9.17, 15) is 13.7 Å². The van der Waals surface area contributed by atoms with E-state index in [0.717, 1.165) is 41.4 Å². The maximum atomic E-state index is 13.9. The zero-order valence-electron chi connectivity index (χ0n) is 18.9. The normalized spacial score (nSPS) is 18.4. The molecule has 0 unspecified atom stereocenters. The van der Waals surface area contributed by atoms with Crippen molar-refractivity contribution in [2.45, 2.75) is 43.0 Å². The number of nitriles is 1. The summed E-state index contributed by atoms with van der Waals surface area (Å²) in [5.41, 5.74) is 1.95. The van der Waals surface area contributed by atoms with Crippen LogP contribution in [-0.2, 0) is 22.9 Å². The highest BCUT2D eigenvalue weighted by molar-refractivity contribution is 7.93. The molecule has 0 N–H and O–H groups in total. The van der Waals surface area contributed by atoms with Crippen LogP contribution in [0.25, 0.3) is 0 Å². The standard InChI is InChI=1S/C24H28ClN3O4S/c1-31-22-9-10-24(19-7-6-18(16-20(19)22)27-12-3-4-13-27)33(29,30)28(14-11-26)21-15-17(25)5-8-23(21)32-2/h5,8-10,15,18H,3-4,6-7,12-14,16H2,1-2H3/t18-/m0/s1. The number of methoxy groups -OCH3 is 2. The van der Waals surface area contributed by atoms with Crippen molar-refractivity contribution in [3.63, 3.8) is 0 Å². The van der Waals surface area contributed by atoms with Crippen LogP contribution in [0.4, 0.5) is 5.69 Å². The summed E-state index contributed by atoms with van der Waals surface area (Å²) in [6.07, 6.45) is 4.69. The van der Waals surface area contributed by atoms with Crippen LogP contribution < -0.4 is 13.8 Å². The Kier molecular flexibility index (Phi) is 7.03. The Labute approximate surface area is 200 Å². The minimum atomic E-state index is -4.07. The molecule has 1 aliphatic carbocycles. The predicted molar refractivity (Wildman–Crippen MR) is 128 cm³/mol. The molecule has 0 aromatic heterocycles. The third-order valence-corrected chi connectivity index (χ3v) is 8.66. The van der Waals surface area contributed by atoms with E-state index in [2.05, 4.69) is 4.90 Å². The molecule has 1 heterocycles. The van der Waals surface area contributed by atoms with Crippen LogP contribution in [0.3, 0.4) is 0 Å². The van der Waals surface area contributed by atoms with Gasteiger partial charge in [-0.3, -0.25) is 0 Å². The highest BCUT2D eigenvalue weighted by atomic mass is 35.5. The van der Waals surface area contributed by atoms with Gasteiger partial charge in [0, 0.05) is 16.6 Å². The summed E-state index contributed by atoms with van der Waals surface area (Å²) < 4.78 is 39.9. The predicted octanol–water partition coefficient (Wildman–Crippen LogP) is 4.03. The van der Waals surface area contributed by atoms with Crippen LogP contribution in [0, 0.1) is 11.3 Å². The Morgan fingerprint density at radius 3 is 2.48 bits per heavy atom. The molecular weight excluding hydrogens is 462 g/mol. The summed E-state index contributed by atoms with van der Waals surface area (Å²) in [6, 6.07) is 10.4. The number of nitrogens with zero attached hydrogens (tertiary/aromatic N) is 3. The van der Waals surface area contributed by atoms with Crippen molar-refractivity contribution < 1.29 is 17.9 Å². The van der Waals surface area contributed by atoms with Gasteiger partial charge in [-0.15, -0.1) is 0 Å². The van der Waals surface area contributed by atoms with Crippen LogP contribution in [0.2, 0.25) is 5.02 Å². The van der Waals surface area contributed by atoms with Crippen molar-refractivity contribution in [2.75, 3.05) is 38.2 Å². The average Bonchev–Trinajstić information content (AvgIpc) is 3.36. The van der Waals surface area contributed by atoms with E-state index in [0.29, 0.717) is 29.0 Å². The monoisotopic (exact) mass is 489 g/mol. The molecule has 2 aliphatic rings. The summed E-state index contributed by atoms with van der Waals surface area (Å²) in [7, 11) is -0.996. The molecule has 7 nitrogen and oxygen atoms in total. The van der Waals surface area contributed by atoms with Gasteiger partial charge in [-0.25, -0.2) is 12.7 Å². The molecule has 9 heteroatoms. The quantitative estimate of drug-likeness (QED) is 0.546. The van der Waals surface area contributed by atoms with Crippen LogP contribution in [-0.4, -0.2) is 53.2 Å². The molecule has 4 rings (SSSR count). The van der Waals surface area contributed by atoms with Crippen molar-refractivity contribution in [3.05, 3.63) is 46.5 Å². The molecule has 1 atom stereocenters. The number of likely N-dealkylation sites (tertiary alicyclic amines) is 1. The first kappa shape index (κ1) is 23.7. The third kappa shape index (κ3) is 4.50. The minimum Gasteiger partial charge on any atom is -0.496 e. The Morgan fingerprint density at radius 1 is 1.12 bits per heavy atom. The zero-order valence-corrected chi connectivity index (χ0v) is 20.5. The largest absolute Gasteiger partial charge is 0.496 e. The lowest BCUT2D eigenvalue weighted by atomic mass is 9.87. The van der Waals surface area contributed by atoms with Gasteiger partial charge in [-0.05, 0) is 81.1 Å². The number of fused-ring (bicyclic) bond motifs is 1. The van der Waals surface area contributed by atoms with Gasteiger partial charge in [0.2, 0.25) is 0 Å². The second kappa shape index (κ2) is 9.80. The lowest BCUT2D eigenvalue weighted by molar-refractivity contribution is 0.219. The number of ether oxygens (including phenoxy) is 2. The van der Waals surface area contributed by atoms with Crippen LogP contribution >= 0.6 is 11.6 Å². The first-order valence-corrected chi connectivity index (χ1v) is 12.9. The van der Waals surface area contributed by atoms with Gasteiger partial charge in [0.25, 0.3) is 10.0 Å². The topological polar surface area (TPSA) is 82.9 Å². The van der Waals surface area contributed by atoms with E-state index >= 15 is 0 Å². The van der Waals surface area contributed by atoms with Crippen molar-refractivity contribution >= 4 is 27.3 Å². The number of halogens is 1. The molecule has 0 amide bonds. The Hall–Kier alpha value is -2.47. The molecule has 0 radical (unpaired) electrons. The Morgan fingerprint density at radius 2 is 1.82 bits per heavy atom. The van der Waals surface area contributed by atoms with Crippen LogP contribution in [0.5, 0.6) is 11.5 Å². The lowest BCUT2D eigenvalue weighted by Gasteiger charge is -2.34. The summed E-state index contributed by atoms with van der Waals surface area (Å²) in [6.45, 7) is 1.81. The second-order valence-electron chi connectivity index (χ2n) is 8.35. The molecule has 1 fully saturated rings. The third-order valence-electron chi connectivity index (χ3n) is 6.58. The van der Waals surface area contributed by atoms with E-state index in [-0.39, 0.29) is 17.1 Å². The minimum absolute atomic E-state index is 0.204. The number of hydrogen-bond donors (Lipinski definition) is 0. The molecular formula is C24H28ClN3O4S. The molecule has 0 saturated carbocycles. The van der Waals surface area contributed by atoms with Gasteiger partial charge < -0.3 is 14.4 Å². The summed E-state index contributed by atoms with van der Waals surface area (Å²) in [4.78, 5) is 2.71. The molecule has 2 aromatic rings. The van der Waals surface area contributed by atoms with Crippen molar-refractivity contribution in [1.29, 1.82) is 5.26 Å². The van der Waals surface area contributed by atoms with E-state index < -0.39 is 10.0 Å². The number of rotatable bonds is 7. The fourth-order valence-electron chi connectivity index (χ4n) is 4.99. The first-order valence-electron chi connectivity index (χ1n) is 11.1. The number of hydrogen-bond acceptors (Lipinski definition) is 6. The molecule has 1 saturated heterocycles. The smallest absolute Gasteiger partial charge is 0.265 e. The molecule has 33 heavy (non-hydrogen) atoms. The molecule has 1 aliphatic heterocycles. The fraction of sp³-hybridized carbons (Fsp3) is 0.458. The van der Waals surface area contributed by atoms with Crippen molar-refractivity contribution in [2.24, 2.45) is 0 Å². The maximum absolute atomic E-state index is 13.9. The van der Waals surface area contributed by atoms with E-state index in [1.54, 1.807) is 31.4 Å². The number of anilines is 1. The van der Waals surface area contributed by atoms with E-state index in [4.69, 9.17) is 21.1 Å². The number of sulfonamides is 1. The van der Waals surface area contributed by atoms with Crippen molar-refractivity contribution in [3.8, 4) is 17.6 Å². The molecule has 0 bridgehead atoms. The second-order valence-corrected chi connectivity index (χ2v) is 10.6. The van der Waals surface area contributed by atoms with Crippen LogP contribution in [0.1, 0.15) is 30.4 Å². The van der Waals surface area contributed by atoms with Gasteiger partial charge in [0.1, 0.15) is 18.0 Å². The summed E-state index contributed by atoms with van der Waals surface area (Å²) >= 11 is 6.17. The zero-order chi connectivity index (χ0) is 23.6. The van der Waals surface area contributed by atoms with Gasteiger partial charge in [-0.1, -0.05) is 11.6 Å². The van der Waals surface area contributed by atoms with Gasteiger partial charge in [-0.2, -0.15) is 5.26 Å². The van der Waals surface area contributed by atoms with Gasteiger partial charge in [0.05, 0.1) is 30.9 Å². The number of benzene rings is 2. The lowest BCUT2D eigenvalue weighted by Crippen LogP contribution is -2.38. The maximum Gasteiger partial charge on any atom is 0.265 e. The van der Waals surface area contributed by atoms with Gasteiger partial charge >= 0.3 is 0 Å². The highest BCUT2D eigenvalue weighted by Gasteiger charge is 2.35. The van der Waals surface area contributed by atoms with Gasteiger partial charge in [0.15, 0.2) is 0 Å². The Balaban J connectivity index is 1.80. The van der Waals surface area contributed by atoms with Crippen LogP contribution in [0.15, 0.2) is 35.2 Å². The SMILES string of the molecule is COc1ccc(Cl)cc1N(CC#N)S(=O)(=O)c1ccc(OC)c2c1CC[C@H](N1CCCC1)C2. The highest BCUT2D eigenvalue weighted by Crippen LogP contribution is 2.40. The van der Waals surface area contributed by atoms with E-state index in [1.807, 2.05) is 6.07 Å². The molecule has 2 aromatic carbocycles. The Bertz CT molecular complexity index is 1170.